The molecule has 1 aliphatic rings. The largest absolute Gasteiger partial charge is 0.343 e. The Morgan fingerprint density at radius 1 is 1.52 bits per heavy atom. The number of carbonyl (C=O) groups excluding carboxylic acids is 1. The molecule has 1 aliphatic heterocycles. The Kier molecular flexibility index (Phi) is 6.56. The van der Waals surface area contributed by atoms with Gasteiger partial charge in [0, 0.05) is 4.88 Å². The number of piperidine rings is 1. The maximum Gasteiger partial charge on any atom is 0.273 e. The van der Waals surface area contributed by atoms with E-state index < -0.39 is 0 Å². The number of halogens is 1. The first-order valence-electron chi connectivity index (χ1n) is 7.74. The minimum atomic E-state index is -0.152. The molecule has 0 saturated carbocycles. The van der Waals surface area contributed by atoms with Gasteiger partial charge < -0.3 is 10.6 Å². The minimum Gasteiger partial charge on any atom is -0.343 e. The Hall–Kier alpha value is -1.44. The van der Waals surface area contributed by atoms with E-state index in [9.17, 15) is 4.79 Å². The number of nitrogens with zero attached hydrogens (tertiary/aromatic N) is 3. The molecule has 1 saturated heterocycles. The second-order valence-electron chi connectivity index (χ2n) is 5.51. The summed E-state index contributed by atoms with van der Waals surface area (Å²) < 4.78 is 1.84. The van der Waals surface area contributed by atoms with Crippen LogP contribution in [-0.4, -0.2) is 34.0 Å². The number of hydrogen-bond donors (Lipinski definition) is 2. The number of carbonyl (C=O) groups is 1. The Morgan fingerprint density at radius 2 is 2.30 bits per heavy atom. The molecule has 126 valence electrons. The first kappa shape index (κ1) is 17.9. The summed E-state index contributed by atoms with van der Waals surface area (Å²) in [5.41, 5.74) is 0.397. The summed E-state index contributed by atoms with van der Waals surface area (Å²) in [6.07, 6.45) is 4.68. The van der Waals surface area contributed by atoms with Crippen LogP contribution in [0.3, 0.4) is 0 Å². The minimum absolute atomic E-state index is 0. The van der Waals surface area contributed by atoms with E-state index in [0.29, 0.717) is 11.7 Å². The second kappa shape index (κ2) is 8.42. The van der Waals surface area contributed by atoms with Crippen LogP contribution in [0, 0.1) is 0 Å². The molecule has 0 bridgehead atoms. The van der Waals surface area contributed by atoms with Crippen molar-refractivity contribution in [1.29, 1.82) is 0 Å². The van der Waals surface area contributed by atoms with Gasteiger partial charge in [-0.15, -0.1) is 28.8 Å². The predicted molar refractivity (Wildman–Crippen MR) is 93.2 cm³/mol. The number of thiophene rings is 1. The van der Waals surface area contributed by atoms with Crippen LogP contribution in [0.5, 0.6) is 0 Å². The highest BCUT2D eigenvalue weighted by Gasteiger charge is 2.20. The Balaban J connectivity index is 0.00000192. The number of aromatic nitrogens is 3. The molecular formula is C15H22ClN5OS. The van der Waals surface area contributed by atoms with Gasteiger partial charge in [0.2, 0.25) is 0 Å². The molecule has 1 unspecified atom stereocenters. The van der Waals surface area contributed by atoms with Crippen molar-refractivity contribution in [2.24, 2.45) is 0 Å². The molecule has 0 radical (unpaired) electrons. The third-order valence-electron chi connectivity index (χ3n) is 4.03. The molecule has 0 aliphatic carbocycles. The maximum absolute atomic E-state index is 12.4. The summed E-state index contributed by atoms with van der Waals surface area (Å²) in [6.45, 7) is 4.04. The Bertz CT molecular complexity index is 609. The van der Waals surface area contributed by atoms with Gasteiger partial charge >= 0.3 is 0 Å². The van der Waals surface area contributed by atoms with Gasteiger partial charge in [0.1, 0.15) is 0 Å². The number of amides is 1. The summed E-state index contributed by atoms with van der Waals surface area (Å²) >= 11 is 1.66. The lowest BCUT2D eigenvalue weighted by atomic mass is 10.1. The van der Waals surface area contributed by atoms with Crippen LogP contribution in [-0.2, 0) is 0 Å². The van der Waals surface area contributed by atoms with Crippen molar-refractivity contribution >= 4 is 29.7 Å². The van der Waals surface area contributed by atoms with Crippen LogP contribution >= 0.6 is 23.7 Å². The molecule has 0 aromatic carbocycles. The van der Waals surface area contributed by atoms with Crippen LogP contribution in [0.2, 0.25) is 0 Å². The van der Waals surface area contributed by atoms with Gasteiger partial charge in [-0.3, -0.25) is 4.79 Å². The molecule has 23 heavy (non-hydrogen) atoms. The summed E-state index contributed by atoms with van der Waals surface area (Å²) in [6, 6.07) is 4.43. The van der Waals surface area contributed by atoms with Crippen molar-refractivity contribution in [2.45, 2.75) is 38.3 Å². The van der Waals surface area contributed by atoms with Crippen molar-refractivity contribution in [3.63, 3.8) is 0 Å². The molecule has 0 spiro atoms. The zero-order chi connectivity index (χ0) is 15.4. The first-order valence-corrected chi connectivity index (χ1v) is 8.62. The van der Waals surface area contributed by atoms with Gasteiger partial charge in [-0.25, -0.2) is 4.68 Å². The van der Waals surface area contributed by atoms with E-state index in [1.807, 2.05) is 22.2 Å². The van der Waals surface area contributed by atoms with Crippen molar-refractivity contribution < 1.29 is 4.79 Å². The molecule has 2 aromatic rings. The van der Waals surface area contributed by atoms with E-state index in [1.165, 1.54) is 4.88 Å². The molecule has 1 fully saturated rings. The first-order chi connectivity index (χ1) is 10.8. The molecule has 1 atom stereocenters. The summed E-state index contributed by atoms with van der Waals surface area (Å²) in [4.78, 5) is 13.5. The smallest absolute Gasteiger partial charge is 0.273 e. The van der Waals surface area contributed by atoms with E-state index in [0.717, 1.165) is 32.4 Å². The number of hydrogen-bond acceptors (Lipinski definition) is 5. The quantitative estimate of drug-likeness (QED) is 0.864. The monoisotopic (exact) mass is 355 g/mol. The van der Waals surface area contributed by atoms with Gasteiger partial charge in [0.15, 0.2) is 5.69 Å². The zero-order valence-electron chi connectivity index (χ0n) is 13.1. The fraction of sp³-hybridized carbons (Fsp3) is 0.533. The molecule has 2 N–H and O–H groups in total. The van der Waals surface area contributed by atoms with Crippen molar-refractivity contribution in [1.82, 2.24) is 25.6 Å². The zero-order valence-corrected chi connectivity index (χ0v) is 14.7. The van der Waals surface area contributed by atoms with E-state index in [-0.39, 0.29) is 24.4 Å². The van der Waals surface area contributed by atoms with Crippen molar-refractivity contribution in [3.05, 3.63) is 34.3 Å². The lowest BCUT2D eigenvalue weighted by molar-refractivity contribution is 0.0931. The van der Waals surface area contributed by atoms with E-state index in [1.54, 1.807) is 17.5 Å². The summed E-state index contributed by atoms with van der Waals surface area (Å²) in [7, 11) is 0. The van der Waals surface area contributed by atoms with Crippen LogP contribution in [0.4, 0.5) is 0 Å². The molecule has 8 heteroatoms. The molecule has 1 amide bonds. The Morgan fingerprint density at radius 3 is 2.96 bits per heavy atom. The number of rotatable bonds is 5. The fourth-order valence-electron chi connectivity index (χ4n) is 2.73. The van der Waals surface area contributed by atoms with Crippen LogP contribution in [0.1, 0.15) is 53.6 Å². The van der Waals surface area contributed by atoms with Gasteiger partial charge in [-0.2, -0.15) is 0 Å². The summed E-state index contributed by atoms with van der Waals surface area (Å²) in [5, 5.41) is 16.6. The third kappa shape index (κ3) is 4.31. The van der Waals surface area contributed by atoms with Gasteiger partial charge in [-0.1, -0.05) is 18.2 Å². The van der Waals surface area contributed by atoms with E-state index in [2.05, 4.69) is 27.9 Å². The predicted octanol–water partition coefficient (Wildman–Crippen LogP) is 2.57. The average Bonchev–Trinajstić information content (AvgIpc) is 3.24. The highest BCUT2D eigenvalue weighted by molar-refractivity contribution is 7.10. The highest BCUT2D eigenvalue weighted by Crippen LogP contribution is 2.22. The van der Waals surface area contributed by atoms with Crippen molar-refractivity contribution in [3.8, 4) is 0 Å². The summed E-state index contributed by atoms with van der Waals surface area (Å²) in [5.74, 6) is -0.152. The Labute approximate surface area is 146 Å². The van der Waals surface area contributed by atoms with Crippen molar-refractivity contribution in [2.75, 3.05) is 13.1 Å². The molecular weight excluding hydrogens is 334 g/mol. The normalized spacial score (nSPS) is 16.6. The lowest BCUT2D eigenvalue weighted by Gasteiger charge is -2.22. The average molecular weight is 356 g/mol. The van der Waals surface area contributed by atoms with Gasteiger partial charge in [-0.05, 0) is 43.8 Å². The lowest BCUT2D eigenvalue weighted by Crippen LogP contribution is -2.30. The molecule has 6 nitrogen and oxygen atoms in total. The van der Waals surface area contributed by atoms with Crippen LogP contribution < -0.4 is 10.6 Å². The second-order valence-corrected chi connectivity index (χ2v) is 6.49. The molecule has 3 rings (SSSR count). The maximum atomic E-state index is 12.4. The van der Waals surface area contributed by atoms with Gasteiger partial charge in [0.05, 0.1) is 18.3 Å². The highest BCUT2D eigenvalue weighted by atomic mass is 35.5. The number of nitrogens with one attached hydrogen (secondary N) is 2. The van der Waals surface area contributed by atoms with Crippen LogP contribution in [0.25, 0.3) is 0 Å². The topological polar surface area (TPSA) is 71.8 Å². The van der Waals surface area contributed by atoms with Crippen LogP contribution in [0.15, 0.2) is 23.7 Å². The van der Waals surface area contributed by atoms with Gasteiger partial charge in [0.25, 0.3) is 5.91 Å². The van der Waals surface area contributed by atoms with E-state index >= 15 is 0 Å². The molecule has 2 aromatic heterocycles. The van der Waals surface area contributed by atoms with E-state index in [4.69, 9.17) is 0 Å². The SMILES string of the molecule is CCC(NC(=O)c1cn(C2CCNCC2)nn1)c1cccs1.Cl. The standard InChI is InChI=1S/C15H21N5OS.ClH/c1-2-12(14-4-3-9-22-14)17-15(21)13-10-20(19-18-13)11-5-7-16-8-6-11;/h3-4,9-12,16H,2,5-8H2,1H3,(H,17,21);1H. The fourth-order valence-corrected chi connectivity index (χ4v) is 3.59. The third-order valence-corrected chi connectivity index (χ3v) is 5.01. The molecule has 3 heterocycles.